The second-order valence-corrected chi connectivity index (χ2v) is 20.7. The normalized spacial score (nSPS) is 15.5. The molecule has 0 radical (unpaired) electrons. The molecule has 436 valence electrons. The summed E-state index contributed by atoms with van der Waals surface area (Å²) >= 11 is 0. The van der Waals surface area contributed by atoms with E-state index in [2.05, 4.69) is 143 Å². The second-order valence-electron chi connectivity index (χ2n) is 20.7. The SMILES string of the molecule is C[C@H](CCN1CCC(NC(=O)CCOCCOCCOCCOCCOCCOCCOCCOCCOCCC(=O)NC2CCN(CC[C@@H](C)c3ccc(-c4ccccc4)cc3)CC2)CC1)c1ccc(-c2ccccc2)cc1. The largest absolute Gasteiger partial charge is 0.379 e. The van der Waals surface area contributed by atoms with Gasteiger partial charge < -0.3 is 63.1 Å². The first-order valence-electron chi connectivity index (χ1n) is 29.4. The highest BCUT2D eigenvalue weighted by Crippen LogP contribution is 2.27. The minimum absolute atomic E-state index is 0.0513. The smallest absolute Gasteiger partial charge is 0.222 e. The van der Waals surface area contributed by atoms with Crippen LogP contribution in [0.4, 0.5) is 0 Å². The van der Waals surface area contributed by atoms with Crippen molar-refractivity contribution in [3.05, 3.63) is 120 Å². The first-order chi connectivity index (χ1) is 38.9. The van der Waals surface area contributed by atoms with E-state index in [9.17, 15) is 9.59 Å². The summed E-state index contributed by atoms with van der Waals surface area (Å²) in [4.78, 5) is 30.1. The van der Waals surface area contributed by atoms with Crippen molar-refractivity contribution in [2.24, 2.45) is 0 Å². The lowest BCUT2D eigenvalue weighted by Crippen LogP contribution is -2.45. The lowest BCUT2D eigenvalue weighted by atomic mass is 9.94. The van der Waals surface area contributed by atoms with E-state index in [1.165, 1.54) is 33.4 Å². The van der Waals surface area contributed by atoms with Crippen LogP contribution >= 0.6 is 0 Å². The third kappa shape index (κ3) is 27.1. The number of nitrogens with zero attached hydrogens (tertiary/aromatic N) is 2. The maximum Gasteiger partial charge on any atom is 0.222 e. The van der Waals surface area contributed by atoms with Gasteiger partial charge in [0.25, 0.3) is 0 Å². The van der Waals surface area contributed by atoms with Crippen molar-refractivity contribution in [3.8, 4) is 22.3 Å². The van der Waals surface area contributed by atoms with E-state index in [1.54, 1.807) is 0 Å². The Morgan fingerprint density at radius 3 is 0.911 bits per heavy atom. The molecule has 2 N–H and O–H groups in total. The predicted octanol–water partition coefficient (Wildman–Crippen LogP) is 8.80. The number of likely N-dealkylation sites (tertiary alicyclic amines) is 2. The van der Waals surface area contributed by atoms with E-state index in [4.69, 9.17) is 42.6 Å². The van der Waals surface area contributed by atoms with Crippen LogP contribution in [0.1, 0.15) is 88.2 Å². The molecule has 0 saturated carbocycles. The molecular formula is C64H94N4O11. The van der Waals surface area contributed by atoms with Crippen molar-refractivity contribution in [1.82, 2.24) is 20.4 Å². The van der Waals surface area contributed by atoms with Crippen LogP contribution in [0.2, 0.25) is 0 Å². The lowest BCUT2D eigenvalue weighted by molar-refractivity contribution is -0.124. The van der Waals surface area contributed by atoms with Crippen LogP contribution in [-0.2, 0) is 52.2 Å². The zero-order valence-corrected chi connectivity index (χ0v) is 47.7. The van der Waals surface area contributed by atoms with Gasteiger partial charge in [-0.15, -0.1) is 0 Å². The Morgan fingerprint density at radius 1 is 0.380 bits per heavy atom. The van der Waals surface area contributed by atoms with Gasteiger partial charge in [-0.25, -0.2) is 0 Å². The zero-order valence-electron chi connectivity index (χ0n) is 47.7. The summed E-state index contributed by atoms with van der Waals surface area (Å²) < 4.78 is 50.2. The number of piperidine rings is 2. The summed E-state index contributed by atoms with van der Waals surface area (Å²) in [6.45, 7) is 19.2. The molecule has 6 rings (SSSR count). The Balaban J connectivity index is 0.597. The zero-order chi connectivity index (χ0) is 55.2. The van der Waals surface area contributed by atoms with Crippen molar-refractivity contribution >= 4 is 11.8 Å². The topological polar surface area (TPSA) is 148 Å². The fourth-order valence-corrected chi connectivity index (χ4v) is 9.75. The van der Waals surface area contributed by atoms with Gasteiger partial charge in [0.05, 0.1) is 119 Å². The van der Waals surface area contributed by atoms with E-state index in [0.717, 1.165) is 77.8 Å². The first kappa shape index (κ1) is 63.6. The van der Waals surface area contributed by atoms with Crippen LogP contribution in [0, 0.1) is 0 Å². The predicted molar refractivity (Wildman–Crippen MR) is 312 cm³/mol. The first-order valence-corrected chi connectivity index (χ1v) is 29.4. The number of carbonyl (C=O) groups is 2. The monoisotopic (exact) mass is 1090 g/mol. The van der Waals surface area contributed by atoms with E-state index in [-0.39, 0.29) is 23.9 Å². The van der Waals surface area contributed by atoms with Crippen molar-refractivity contribution in [1.29, 1.82) is 0 Å². The summed E-state index contributed by atoms with van der Waals surface area (Å²) in [5.74, 6) is 1.11. The maximum absolute atomic E-state index is 12.5. The van der Waals surface area contributed by atoms with Crippen LogP contribution in [0.5, 0.6) is 0 Å². The molecule has 2 fully saturated rings. The molecule has 2 atom stereocenters. The molecule has 0 unspecified atom stereocenters. The molecule has 4 aromatic carbocycles. The molecule has 0 spiro atoms. The molecule has 0 aromatic heterocycles. The lowest BCUT2D eigenvalue weighted by Gasteiger charge is -2.33. The highest BCUT2D eigenvalue weighted by atomic mass is 16.6. The molecule has 79 heavy (non-hydrogen) atoms. The van der Waals surface area contributed by atoms with Crippen molar-refractivity contribution < 1.29 is 52.2 Å². The Morgan fingerprint density at radius 2 is 0.633 bits per heavy atom. The Hall–Kier alpha value is -4.62. The van der Waals surface area contributed by atoms with Gasteiger partial charge in [-0.1, -0.05) is 123 Å². The number of carbonyl (C=O) groups excluding carboxylic acids is 2. The van der Waals surface area contributed by atoms with E-state index in [1.807, 2.05) is 0 Å². The van der Waals surface area contributed by atoms with Gasteiger partial charge in [-0.2, -0.15) is 0 Å². The average molecular weight is 1100 g/mol. The third-order valence-corrected chi connectivity index (χ3v) is 14.8. The van der Waals surface area contributed by atoms with Crippen LogP contribution in [-0.4, -0.2) is 192 Å². The molecule has 15 heteroatoms. The highest BCUT2D eigenvalue weighted by Gasteiger charge is 2.23. The van der Waals surface area contributed by atoms with Crippen molar-refractivity contribution in [2.75, 3.05) is 158 Å². The van der Waals surface area contributed by atoms with E-state index >= 15 is 0 Å². The number of hydrogen-bond acceptors (Lipinski definition) is 13. The fourth-order valence-electron chi connectivity index (χ4n) is 9.75. The van der Waals surface area contributed by atoms with E-state index < -0.39 is 0 Å². The number of rotatable bonds is 42. The molecule has 0 bridgehead atoms. The minimum Gasteiger partial charge on any atom is -0.379 e. The quantitative estimate of drug-likeness (QED) is 0.0408. The van der Waals surface area contributed by atoms with Crippen LogP contribution in [0.15, 0.2) is 109 Å². The van der Waals surface area contributed by atoms with E-state index in [0.29, 0.717) is 144 Å². The molecular weight excluding hydrogens is 1000 g/mol. The van der Waals surface area contributed by atoms with Gasteiger partial charge in [-0.05, 0) is 96.8 Å². The number of benzene rings is 4. The van der Waals surface area contributed by atoms with Crippen LogP contribution < -0.4 is 10.6 Å². The van der Waals surface area contributed by atoms with Crippen LogP contribution in [0.25, 0.3) is 22.3 Å². The average Bonchev–Trinajstić information content (AvgIpc) is 3.50. The summed E-state index contributed by atoms with van der Waals surface area (Å²) in [6.07, 6.45) is 6.89. The number of nitrogens with one attached hydrogen (secondary N) is 2. The van der Waals surface area contributed by atoms with Gasteiger partial charge in [-0.3, -0.25) is 9.59 Å². The Bertz CT molecular complexity index is 2010. The fraction of sp³-hybridized carbons (Fsp3) is 0.594. The molecule has 4 aromatic rings. The molecule has 2 heterocycles. The minimum atomic E-state index is 0.0513. The van der Waals surface area contributed by atoms with Crippen LogP contribution in [0.3, 0.4) is 0 Å². The van der Waals surface area contributed by atoms with Gasteiger partial charge in [0.15, 0.2) is 0 Å². The third-order valence-electron chi connectivity index (χ3n) is 14.8. The number of amides is 2. The number of ether oxygens (including phenoxy) is 9. The summed E-state index contributed by atoms with van der Waals surface area (Å²) in [5, 5.41) is 6.40. The molecule has 2 amide bonds. The molecule has 2 saturated heterocycles. The Labute approximate surface area is 472 Å². The molecule has 2 aliphatic rings. The van der Waals surface area contributed by atoms with Crippen molar-refractivity contribution in [2.45, 2.75) is 89.1 Å². The number of hydrogen-bond donors (Lipinski definition) is 2. The highest BCUT2D eigenvalue weighted by molar-refractivity contribution is 5.76. The maximum atomic E-state index is 12.5. The van der Waals surface area contributed by atoms with Gasteiger partial charge in [0, 0.05) is 51.1 Å². The summed E-state index contributed by atoms with van der Waals surface area (Å²) in [5.41, 5.74) is 7.78. The standard InChI is InChI=1S/C64H94N4O11/c1-53(55-13-17-59(18-14-55)57-9-5-3-6-10-57)21-29-67-31-23-61(24-32-67)65-63(69)27-35-71-37-39-73-41-43-75-45-47-77-49-51-79-52-50-78-48-46-76-44-42-74-40-38-72-36-28-64(70)66-62-25-33-68(34-26-62)30-22-54(2)56-15-19-60(20-16-56)58-11-7-4-8-12-58/h3-20,53-54,61-62H,21-52H2,1-2H3,(H,65,69)(H,66,70)/t53-,54-/m1/s1. The second kappa shape index (κ2) is 39.7. The van der Waals surface area contributed by atoms with Gasteiger partial charge in [0.1, 0.15) is 0 Å². The summed E-state index contributed by atoms with van der Waals surface area (Å²) in [7, 11) is 0. The Kier molecular flexibility index (Phi) is 32.0. The molecule has 0 aliphatic carbocycles. The van der Waals surface area contributed by atoms with Gasteiger partial charge in [0.2, 0.25) is 11.8 Å². The molecule has 2 aliphatic heterocycles. The van der Waals surface area contributed by atoms with Gasteiger partial charge >= 0.3 is 0 Å². The summed E-state index contributed by atoms with van der Waals surface area (Å²) in [6, 6.07) is 39.5. The van der Waals surface area contributed by atoms with Crippen molar-refractivity contribution in [3.63, 3.8) is 0 Å². The molecule has 15 nitrogen and oxygen atoms in total.